The third kappa shape index (κ3) is 2.72. The molecule has 2 heterocycles. The van der Waals surface area contributed by atoms with E-state index < -0.39 is 10.8 Å². The molecule has 0 aliphatic carbocycles. The molecular weight excluding hydrogens is 222 g/mol. The summed E-state index contributed by atoms with van der Waals surface area (Å²) in [6, 6.07) is 2.10. The van der Waals surface area contributed by atoms with Gasteiger partial charge in [-0.3, -0.25) is 9.19 Å². The summed E-state index contributed by atoms with van der Waals surface area (Å²) in [4.78, 5) is 6.46. The first-order valence-electron chi connectivity index (χ1n) is 5.58. The van der Waals surface area contributed by atoms with Crippen molar-refractivity contribution < 1.29 is 4.21 Å². The van der Waals surface area contributed by atoms with E-state index >= 15 is 0 Å². The van der Waals surface area contributed by atoms with Crippen LogP contribution in [0.5, 0.6) is 0 Å². The van der Waals surface area contributed by atoms with Crippen LogP contribution < -0.4 is 10.2 Å². The minimum absolute atomic E-state index is 0.621. The Morgan fingerprint density at radius 2 is 2.19 bits per heavy atom. The van der Waals surface area contributed by atoms with E-state index in [1.54, 1.807) is 0 Å². The number of rotatable bonds is 3. The molecule has 0 aromatic carbocycles. The van der Waals surface area contributed by atoms with Gasteiger partial charge in [-0.15, -0.1) is 0 Å². The Labute approximate surface area is 98.5 Å². The van der Waals surface area contributed by atoms with Crippen molar-refractivity contribution in [3.63, 3.8) is 0 Å². The third-order valence-corrected chi connectivity index (χ3v) is 3.92. The third-order valence-electron chi connectivity index (χ3n) is 2.65. The van der Waals surface area contributed by atoms with Crippen LogP contribution in [0.3, 0.4) is 0 Å². The molecule has 1 aliphatic heterocycles. The molecule has 4 nitrogen and oxygen atoms in total. The van der Waals surface area contributed by atoms with Crippen LogP contribution in [-0.4, -0.2) is 40.3 Å². The Hall–Kier alpha value is -1.10. The zero-order chi connectivity index (χ0) is 11.4. The molecule has 1 aromatic heterocycles. The van der Waals surface area contributed by atoms with E-state index in [2.05, 4.69) is 28.2 Å². The maximum absolute atomic E-state index is 11.3. The number of nitrogens with one attached hydrogen (secondary N) is 1. The van der Waals surface area contributed by atoms with E-state index in [1.807, 2.05) is 12.4 Å². The Morgan fingerprint density at radius 3 is 2.88 bits per heavy atom. The van der Waals surface area contributed by atoms with Crippen LogP contribution in [0.2, 0.25) is 0 Å². The first kappa shape index (κ1) is 11.4. The second-order valence-corrected chi connectivity index (χ2v) is 5.49. The van der Waals surface area contributed by atoms with Crippen molar-refractivity contribution in [1.29, 1.82) is 0 Å². The van der Waals surface area contributed by atoms with Crippen molar-refractivity contribution in [3.8, 4) is 0 Å². The van der Waals surface area contributed by atoms with Gasteiger partial charge >= 0.3 is 0 Å². The Kier molecular flexibility index (Phi) is 3.77. The average molecular weight is 239 g/mol. The van der Waals surface area contributed by atoms with Gasteiger partial charge in [-0.25, -0.2) is 0 Å². The standard InChI is InChI=1S/C11H17N3OS/c1-2-13-10-7-11(9-12-8-10)14-3-5-16(15)6-4-14/h7-9,13H,2-6H2,1H3. The highest BCUT2D eigenvalue weighted by atomic mass is 32.2. The minimum atomic E-state index is -0.621. The number of anilines is 2. The summed E-state index contributed by atoms with van der Waals surface area (Å²) in [6.07, 6.45) is 3.70. The summed E-state index contributed by atoms with van der Waals surface area (Å²) in [7, 11) is -0.621. The van der Waals surface area contributed by atoms with Gasteiger partial charge in [-0.1, -0.05) is 0 Å². The molecule has 0 radical (unpaired) electrons. The normalized spacial score (nSPS) is 17.4. The zero-order valence-electron chi connectivity index (χ0n) is 9.48. The van der Waals surface area contributed by atoms with Crippen molar-refractivity contribution in [1.82, 2.24) is 4.98 Å². The maximum Gasteiger partial charge on any atom is 0.0574 e. The van der Waals surface area contributed by atoms with Crippen molar-refractivity contribution in [3.05, 3.63) is 18.5 Å². The van der Waals surface area contributed by atoms with Crippen LogP contribution >= 0.6 is 0 Å². The smallest absolute Gasteiger partial charge is 0.0574 e. The Morgan fingerprint density at radius 1 is 1.44 bits per heavy atom. The summed E-state index contributed by atoms with van der Waals surface area (Å²) in [5.74, 6) is 1.54. The van der Waals surface area contributed by atoms with E-state index in [0.717, 1.165) is 42.5 Å². The summed E-state index contributed by atoms with van der Waals surface area (Å²) < 4.78 is 11.3. The van der Waals surface area contributed by atoms with Gasteiger partial charge in [0.2, 0.25) is 0 Å². The van der Waals surface area contributed by atoms with Gasteiger partial charge in [-0.05, 0) is 13.0 Å². The van der Waals surface area contributed by atoms with Crippen LogP contribution in [0.1, 0.15) is 6.92 Å². The lowest BCUT2D eigenvalue weighted by Crippen LogP contribution is -2.37. The molecule has 1 fully saturated rings. The molecule has 1 saturated heterocycles. The molecular formula is C11H17N3OS. The molecule has 1 aliphatic rings. The lowest BCUT2D eigenvalue weighted by molar-refractivity contribution is 0.673. The predicted octanol–water partition coefficient (Wildman–Crippen LogP) is 1.08. The van der Waals surface area contributed by atoms with Gasteiger partial charge in [0.15, 0.2) is 0 Å². The fourth-order valence-corrected chi connectivity index (χ4v) is 2.85. The SMILES string of the molecule is CCNc1cncc(N2CCS(=O)CC2)c1. The van der Waals surface area contributed by atoms with Crippen LogP contribution in [0, 0.1) is 0 Å². The van der Waals surface area contributed by atoms with Gasteiger partial charge in [0.25, 0.3) is 0 Å². The van der Waals surface area contributed by atoms with Gasteiger partial charge in [0, 0.05) is 41.9 Å². The summed E-state index contributed by atoms with van der Waals surface area (Å²) in [6.45, 7) is 4.69. The van der Waals surface area contributed by atoms with Crippen molar-refractivity contribution in [2.24, 2.45) is 0 Å². The van der Waals surface area contributed by atoms with Gasteiger partial charge in [-0.2, -0.15) is 0 Å². The zero-order valence-corrected chi connectivity index (χ0v) is 10.3. The first-order chi connectivity index (χ1) is 7.79. The van der Waals surface area contributed by atoms with Crippen LogP contribution in [0.15, 0.2) is 18.5 Å². The summed E-state index contributed by atoms with van der Waals surface area (Å²) in [5.41, 5.74) is 2.17. The lowest BCUT2D eigenvalue weighted by atomic mass is 10.3. The minimum Gasteiger partial charge on any atom is -0.384 e. The maximum atomic E-state index is 11.3. The van der Waals surface area contributed by atoms with Gasteiger partial charge < -0.3 is 10.2 Å². The predicted molar refractivity (Wildman–Crippen MR) is 68.5 cm³/mol. The van der Waals surface area contributed by atoms with Crippen LogP contribution in [0.4, 0.5) is 11.4 Å². The number of hydrogen-bond donors (Lipinski definition) is 1. The number of aromatic nitrogens is 1. The topological polar surface area (TPSA) is 45.2 Å². The fraction of sp³-hybridized carbons (Fsp3) is 0.545. The Balaban J connectivity index is 2.08. The quantitative estimate of drug-likeness (QED) is 0.857. The number of nitrogens with zero attached hydrogens (tertiary/aromatic N) is 2. The second-order valence-electron chi connectivity index (χ2n) is 3.80. The first-order valence-corrected chi connectivity index (χ1v) is 7.07. The summed E-state index contributed by atoms with van der Waals surface area (Å²) >= 11 is 0. The molecule has 0 bridgehead atoms. The molecule has 0 unspecified atom stereocenters. The van der Waals surface area contributed by atoms with Crippen LogP contribution in [-0.2, 0) is 10.8 Å². The molecule has 1 N–H and O–H groups in total. The highest BCUT2D eigenvalue weighted by Crippen LogP contribution is 2.19. The molecule has 0 amide bonds. The fourth-order valence-electron chi connectivity index (χ4n) is 1.80. The van der Waals surface area contributed by atoms with Gasteiger partial charge in [0.1, 0.15) is 0 Å². The highest BCUT2D eigenvalue weighted by molar-refractivity contribution is 7.85. The summed E-state index contributed by atoms with van der Waals surface area (Å²) in [5, 5.41) is 3.25. The molecule has 0 saturated carbocycles. The molecule has 0 atom stereocenters. The van der Waals surface area contributed by atoms with Crippen molar-refractivity contribution >= 4 is 22.2 Å². The molecule has 2 rings (SSSR count). The number of hydrogen-bond acceptors (Lipinski definition) is 4. The Bertz CT molecular complexity index is 373. The van der Waals surface area contributed by atoms with Gasteiger partial charge in [0.05, 0.1) is 23.8 Å². The number of pyridine rings is 1. The molecule has 1 aromatic rings. The highest BCUT2D eigenvalue weighted by Gasteiger charge is 2.15. The van der Waals surface area contributed by atoms with E-state index in [1.165, 1.54) is 0 Å². The second kappa shape index (κ2) is 5.30. The molecule has 88 valence electrons. The lowest BCUT2D eigenvalue weighted by Gasteiger charge is -2.28. The molecule has 0 spiro atoms. The van der Waals surface area contributed by atoms with E-state index in [4.69, 9.17) is 0 Å². The average Bonchev–Trinajstić information content (AvgIpc) is 2.31. The van der Waals surface area contributed by atoms with Crippen molar-refractivity contribution in [2.45, 2.75) is 6.92 Å². The van der Waals surface area contributed by atoms with Crippen LogP contribution in [0.25, 0.3) is 0 Å². The largest absolute Gasteiger partial charge is 0.384 e. The van der Waals surface area contributed by atoms with E-state index in [9.17, 15) is 4.21 Å². The molecule has 16 heavy (non-hydrogen) atoms. The molecule has 5 heteroatoms. The van der Waals surface area contributed by atoms with Crippen molar-refractivity contribution in [2.75, 3.05) is 41.4 Å². The monoisotopic (exact) mass is 239 g/mol. The van der Waals surface area contributed by atoms with E-state index in [0.29, 0.717) is 0 Å². The van der Waals surface area contributed by atoms with E-state index in [-0.39, 0.29) is 0 Å².